The number of pyridine rings is 1. The molecule has 1 atom stereocenters. The summed E-state index contributed by atoms with van der Waals surface area (Å²) in [6.07, 6.45) is 2.42. The smallest absolute Gasteiger partial charge is 0.340 e. The molecule has 1 aliphatic heterocycles. The maximum atomic E-state index is 12.3. The third kappa shape index (κ3) is 3.29. The second-order valence-corrected chi connectivity index (χ2v) is 6.68. The van der Waals surface area contributed by atoms with E-state index in [1.165, 1.54) is 7.11 Å². The van der Waals surface area contributed by atoms with Crippen molar-refractivity contribution in [1.82, 2.24) is 10.3 Å². The molecule has 0 aromatic carbocycles. The lowest BCUT2D eigenvalue weighted by Crippen LogP contribution is -2.41. The molecule has 23 heavy (non-hydrogen) atoms. The Kier molecular flexibility index (Phi) is 5.19. The molecule has 1 N–H and O–H groups in total. The molecule has 0 spiro atoms. The Morgan fingerprint density at radius 2 is 2.17 bits per heavy atom. The quantitative estimate of drug-likeness (QED) is 0.625. The average molecular weight is 382 g/mol. The number of aromatic nitrogens is 1. The minimum absolute atomic E-state index is 0.0225. The standard InChI is InChI=1S/C16H20BrN3O3/c1-9(2)16(3)15(22)19-13(20-16)12-11(14(21)23-4)7-10(5-6-17)8-18-12/h7-9H,5-6H2,1-4H3,(H,19,20,22). The van der Waals surface area contributed by atoms with E-state index in [-0.39, 0.29) is 11.8 Å². The number of carbonyl (C=O) groups is 2. The number of amidine groups is 1. The minimum atomic E-state index is -0.862. The molecule has 6 nitrogen and oxygen atoms in total. The van der Waals surface area contributed by atoms with Gasteiger partial charge in [0, 0.05) is 11.5 Å². The lowest BCUT2D eigenvalue weighted by molar-refractivity contribution is -0.124. The van der Waals surface area contributed by atoms with Crippen LogP contribution in [0.1, 0.15) is 42.4 Å². The van der Waals surface area contributed by atoms with Crippen LogP contribution < -0.4 is 5.32 Å². The highest BCUT2D eigenvalue weighted by molar-refractivity contribution is 9.09. The highest BCUT2D eigenvalue weighted by Crippen LogP contribution is 2.27. The van der Waals surface area contributed by atoms with Gasteiger partial charge in [-0.05, 0) is 30.9 Å². The zero-order valence-electron chi connectivity index (χ0n) is 13.6. The molecule has 2 heterocycles. The summed E-state index contributed by atoms with van der Waals surface area (Å²) in [4.78, 5) is 33.2. The topological polar surface area (TPSA) is 80.7 Å². The summed E-state index contributed by atoms with van der Waals surface area (Å²) >= 11 is 3.36. The maximum absolute atomic E-state index is 12.3. The van der Waals surface area contributed by atoms with Crippen LogP contribution in [0.5, 0.6) is 0 Å². The van der Waals surface area contributed by atoms with E-state index in [0.717, 1.165) is 17.3 Å². The third-order valence-corrected chi connectivity index (χ3v) is 4.51. The van der Waals surface area contributed by atoms with Gasteiger partial charge in [-0.1, -0.05) is 29.8 Å². The summed E-state index contributed by atoms with van der Waals surface area (Å²) in [5.41, 5.74) is 0.687. The number of nitrogens with one attached hydrogen (secondary N) is 1. The Bertz CT molecular complexity index is 673. The number of methoxy groups -OCH3 is 1. The van der Waals surface area contributed by atoms with Crippen molar-refractivity contribution in [3.8, 4) is 0 Å². The van der Waals surface area contributed by atoms with Gasteiger partial charge in [0.1, 0.15) is 11.2 Å². The van der Waals surface area contributed by atoms with Gasteiger partial charge in [-0.2, -0.15) is 0 Å². The number of ether oxygens (including phenoxy) is 1. The van der Waals surface area contributed by atoms with Crippen LogP contribution in [0.2, 0.25) is 0 Å². The van der Waals surface area contributed by atoms with E-state index < -0.39 is 11.5 Å². The molecule has 1 aliphatic rings. The molecule has 1 amide bonds. The second-order valence-electron chi connectivity index (χ2n) is 5.89. The number of carbonyl (C=O) groups excluding carboxylic acids is 2. The summed E-state index contributed by atoms with van der Waals surface area (Å²) < 4.78 is 4.84. The molecule has 2 rings (SSSR count). The molecule has 7 heteroatoms. The first kappa shape index (κ1) is 17.6. The summed E-state index contributed by atoms with van der Waals surface area (Å²) in [6, 6.07) is 1.73. The van der Waals surface area contributed by atoms with E-state index in [4.69, 9.17) is 4.74 Å². The van der Waals surface area contributed by atoms with Crippen molar-refractivity contribution in [2.75, 3.05) is 12.4 Å². The molecule has 0 saturated carbocycles. The number of aliphatic imine (C=N–C) groups is 1. The molecule has 1 unspecified atom stereocenters. The van der Waals surface area contributed by atoms with Gasteiger partial charge in [0.25, 0.3) is 5.91 Å². The average Bonchev–Trinajstić information content (AvgIpc) is 2.83. The molecule has 0 radical (unpaired) electrons. The number of hydrogen-bond acceptors (Lipinski definition) is 5. The first-order chi connectivity index (χ1) is 10.8. The van der Waals surface area contributed by atoms with Gasteiger partial charge in [0.2, 0.25) is 0 Å². The van der Waals surface area contributed by atoms with E-state index >= 15 is 0 Å². The van der Waals surface area contributed by atoms with Gasteiger partial charge in [-0.3, -0.25) is 9.78 Å². The highest BCUT2D eigenvalue weighted by atomic mass is 79.9. The molecule has 0 fully saturated rings. The van der Waals surface area contributed by atoms with E-state index in [9.17, 15) is 9.59 Å². The Morgan fingerprint density at radius 3 is 2.70 bits per heavy atom. The fourth-order valence-corrected chi connectivity index (χ4v) is 2.71. The lowest BCUT2D eigenvalue weighted by Gasteiger charge is -2.21. The zero-order chi connectivity index (χ0) is 17.2. The van der Waals surface area contributed by atoms with Gasteiger partial charge in [-0.15, -0.1) is 0 Å². The Hall–Kier alpha value is -1.76. The number of hydrogen-bond donors (Lipinski definition) is 1. The maximum Gasteiger partial charge on any atom is 0.340 e. The second kappa shape index (κ2) is 6.78. The first-order valence-electron chi connectivity index (χ1n) is 7.38. The highest BCUT2D eigenvalue weighted by Gasteiger charge is 2.43. The van der Waals surface area contributed by atoms with Crippen LogP contribution in [0, 0.1) is 5.92 Å². The van der Waals surface area contributed by atoms with E-state index in [1.807, 2.05) is 13.8 Å². The van der Waals surface area contributed by atoms with Crippen molar-refractivity contribution in [1.29, 1.82) is 0 Å². The van der Waals surface area contributed by atoms with Crippen molar-refractivity contribution in [2.45, 2.75) is 32.7 Å². The Labute approximate surface area is 143 Å². The molecule has 0 aliphatic carbocycles. The predicted molar refractivity (Wildman–Crippen MR) is 91.0 cm³/mol. The van der Waals surface area contributed by atoms with Crippen molar-refractivity contribution >= 4 is 33.6 Å². The van der Waals surface area contributed by atoms with Gasteiger partial charge in [0.05, 0.1) is 12.7 Å². The molecule has 124 valence electrons. The minimum Gasteiger partial charge on any atom is -0.465 e. The largest absolute Gasteiger partial charge is 0.465 e. The van der Waals surface area contributed by atoms with Gasteiger partial charge >= 0.3 is 5.97 Å². The van der Waals surface area contributed by atoms with Gasteiger partial charge in [-0.25, -0.2) is 9.79 Å². The van der Waals surface area contributed by atoms with Crippen LogP contribution in [0.25, 0.3) is 0 Å². The van der Waals surface area contributed by atoms with Crippen LogP contribution in [-0.4, -0.2) is 40.7 Å². The third-order valence-electron chi connectivity index (χ3n) is 4.12. The van der Waals surface area contributed by atoms with Gasteiger partial charge < -0.3 is 10.1 Å². The number of aryl methyl sites for hydroxylation is 1. The summed E-state index contributed by atoms with van der Waals surface area (Å²) in [5, 5.41) is 3.51. The lowest BCUT2D eigenvalue weighted by atomic mass is 9.89. The predicted octanol–water partition coefficient (Wildman–Crippen LogP) is 2.10. The number of halogens is 1. The van der Waals surface area contributed by atoms with E-state index in [1.54, 1.807) is 19.2 Å². The Balaban J connectivity index is 2.51. The summed E-state index contributed by atoms with van der Waals surface area (Å²) in [7, 11) is 1.32. The molecule has 0 bridgehead atoms. The van der Waals surface area contributed by atoms with Crippen LogP contribution in [0.4, 0.5) is 0 Å². The normalized spacial score (nSPS) is 20.4. The number of alkyl halides is 1. The number of esters is 1. The zero-order valence-corrected chi connectivity index (χ0v) is 15.2. The number of rotatable bonds is 5. The summed E-state index contributed by atoms with van der Waals surface area (Å²) in [6.45, 7) is 5.64. The van der Waals surface area contributed by atoms with Crippen molar-refractivity contribution in [2.24, 2.45) is 10.9 Å². The van der Waals surface area contributed by atoms with Crippen molar-refractivity contribution in [3.63, 3.8) is 0 Å². The SMILES string of the molecule is COC(=O)c1cc(CCBr)cnc1C1=NC(C)(C(C)C)C(=O)N1. The number of amides is 1. The molecular weight excluding hydrogens is 362 g/mol. The van der Waals surface area contributed by atoms with Crippen LogP contribution >= 0.6 is 15.9 Å². The van der Waals surface area contributed by atoms with Crippen LogP contribution in [0.3, 0.4) is 0 Å². The molecule has 1 aromatic rings. The first-order valence-corrected chi connectivity index (χ1v) is 8.50. The molecule has 0 saturated heterocycles. The van der Waals surface area contributed by atoms with E-state index in [0.29, 0.717) is 17.1 Å². The van der Waals surface area contributed by atoms with Gasteiger partial charge in [0.15, 0.2) is 5.84 Å². The van der Waals surface area contributed by atoms with Crippen LogP contribution in [0.15, 0.2) is 17.3 Å². The van der Waals surface area contributed by atoms with Crippen molar-refractivity contribution < 1.29 is 14.3 Å². The number of nitrogens with zero attached hydrogens (tertiary/aromatic N) is 2. The van der Waals surface area contributed by atoms with E-state index in [2.05, 4.69) is 31.2 Å². The fourth-order valence-electron chi connectivity index (χ4n) is 2.26. The molecular formula is C16H20BrN3O3. The molecule has 1 aromatic heterocycles. The van der Waals surface area contributed by atoms with Crippen molar-refractivity contribution in [3.05, 3.63) is 29.1 Å². The monoisotopic (exact) mass is 381 g/mol. The Morgan fingerprint density at radius 1 is 1.48 bits per heavy atom. The summed E-state index contributed by atoms with van der Waals surface area (Å²) in [5.74, 6) is -0.352. The fraction of sp³-hybridized carbons (Fsp3) is 0.500. The van der Waals surface area contributed by atoms with Crippen LogP contribution in [-0.2, 0) is 16.0 Å².